The number of ether oxygens (including phenoxy) is 1. The van der Waals surface area contributed by atoms with Gasteiger partial charge < -0.3 is 30.5 Å². The average molecular weight is 408 g/mol. The Balaban J connectivity index is 1.60. The first-order valence-electron chi connectivity index (χ1n) is 8.51. The van der Waals surface area contributed by atoms with Gasteiger partial charge in [0.25, 0.3) is 0 Å². The van der Waals surface area contributed by atoms with Crippen LogP contribution in [0.25, 0.3) is 11.2 Å². The summed E-state index contributed by atoms with van der Waals surface area (Å²) in [7, 11) is 0. The van der Waals surface area contributed by atoms with Gasteiger partial charge in [-0.2, -0.15) is 0 Å². The maximum absolute atomic E-state index is 10.2. The quantitative estimate of drug-likeness (QED) is 0.405. The van der Waals surface area contributed by atoms with E-state index >= 15 is 0 Å². The maximum Gasteiger partial charge on any atom is 0.167 e. The summed E-state index contributed by atoms with van der Waals surface area (Å²) in [4.78, 5) is 12.6. The fraction of sp³-hybridized carbons (Fsp3) is 0.353. The summed E-state index contributed by atoms with van der Waals surface area (Å²) in [5.41, 5.74) is 1.43. The molecule has 11 heteroatoms. The van der Waals surface area contributed by atoms with Crippen LogP contribution in [0.3, 0.4) is 0 Å². The van der Waals surface area contributed by atoms with E-state index in [1.54, 1.807) is 12.1 Å². The number of anilines is 1. The lowest BCUT2D eigenvalue weighted by Crippen LogP contribution is -2.33. The van der Waals surface area contributed by atoms with Crippen LogP contribution in [-0.4, -0.2) is 64.9 Å². The number of aromatic hydroxyl groups is 1. The van der Waals surface area contributed by atoms with E-state index in [1.807, 2.05) is 0 Å². The minimum atomic E-state index is -1.24. The molecule has 0 aliphatic carbocycles. The smallest absolute Gasteiger partial charge is 0.167 e. The summed E-state index contributed by atoms with van der Waals surface area (Å²) in [5, 5.41) is 42.9. The van der Waals surface area contributed by atoms with Gasteiger partial charge in [-0.25, -0.2) is 15.0 Å². The Morgan fingerprint density at radius 3 is 2.71 bits per heavy atom. The Morgan fingerprint density at radius 1 is 1.18 bits per heavy atom. The summed E-state index contributed by atoms with van der Waals surface area (Å²) in [6.07, 6.45) is -1.56. The van der Waals surface area contributed by atoms with E-state index in [-0.39, 0.29) is 12.3 Å². The number of aromatic nitrogens is 4. The number of hydrogen-bond donors (Lipinski definition) is 5. The Labute approximate surface area is 164 Å². The van der Waals surface area contributed by atoms with Crippen molar-refractivity contribution >= 4 is 28.6 Å². The Hall–Kier alpha value is -2.50. The van der Waals surface area contributed by atoms with Crippen LogP contribution in [0.1, 0.15) is 11.8 Å². The standard InChI is InChI=1S/C17H18ClN5O5/c18-9-2-1-8(10(25)3-9)4-19-15-12-16(21-6-20-15)23(7-22-12)17-14(27)13(26)11(5-24)28-17/h1-3,6-7,11,13-14,17,24-27H,4-5H2,(H,19,20,21)/t11-,13-,14-,17-/m1/s1. The third kappa shape index (κ3) is 3.25. The van der Waals surface area contributed by atoms with Gasteiger partial charge in [0.2, 0.25) is 0 Å². The van der Waals surface area contributed by atoms with Crippen LogP contribution in [0.4, 0.5) is 5.82 Å². The van der Waals surface area contributed by atoms with Crippen molar-refractivity contribution < 1.29 is 25.2 Å². The Kier molecular flexibility index (Phi) is 5.04. The molecule has 1 aliphatic heterocycles. The van der Waals surface area contributed by atoms with Crippen molar-refractivity contribution in [3.8, 4) is 5.75 Å². The summed E-state index contributed by atoms with van der Waals surface area (Å²) < 4.78 is 7.01. The molecule has 1 fully saturated rings. The monoisotopic (exact) mass is 407 g/mol. The molecule has 5 N–H and O–H groups in total. The number of phenols is 1. The van der Waals surface area contributed by atoms with E-state index in [0.29, 0.717) is 27.6 Å². The fourth-order valence-electron chi connectivity index (χ4n) is 3.14. The van der Waals surface area contributed by atoms with Crippen molar-refractivity contribution in [2.75, 3.05) is 11.9 Å². The van der Waals surface area contributed by atoms with Gasteiger partial charge in [0.1, 0.15) is 30.4 Å². The van der Waals surface area contributed by atoms with Crippen LogP contribution in [0.5, 0.6) is 5.75 Å². The molecule has 4 rings (SSSR count). The topological polar surface area (TPSA) is 146 Å². The van der Waals surface area contributed by atoms with Crippen LogP contribution in [0.2, 0.25) is 5.02 Å². The number of benzene rings is 1. The molecular formula is C17H18ClN5O5. The molecule has 148 valence electrons. The van der Waals surface area contributed by atoms with E-state index in [0.717, 1.165) is 0 Å². The van der Waals surface area contributed by atoms with E-state index in [4.69, 9.17) is 16.3 Å². The first kappa shape index (κ1) is 18.8. The van der Waals surface area contributed by atoms with Crippen LogP contribution >= 0.6 is 11.6 Å². The molecule has 3 heterocycles. The molecule has 1 aliphatic rings. The molecule has 10 nitrogen and oxygen atoms in total. The number of aliphatic hydroxyl groups is 3. The van der Waals surface area contributed by atoms with E-state index in [1.165, 1.54) is 23.3 Å². The highest BCUT2D eigenvalue weighted by Gasteiger charge is 2.44. The lowest BCUT2D eigenvalue weighted by atomic mass is 10.1. The molecule has 0 amide bonds. The number of aliphatic hydroxyl groups excluding tert-OH is 3. The van der Waals surface area contributed by atoms with Gasteiger partial charge in [-0.3, -0.25) is 4.57 Å². The van der Waals surface area contributed by atoms with Crippen LogP contribution < -0.4 is 5.32 Å². The van der Waals surface area contributed by atoms with E-state index in [2.05, 4.69) is 20.3 Å². The molecule has 1 saturated heterocycles. The predicted molar refractivity (Wildman–Crippen MR) is 98.8 cm³/mol. The van der Waals surface area contributed by atoms with Gasteiger partial charge in [-0.15, -0.1) is 0 Å². The van der Waals surface area contributed by atoms with Crippen molar-refractivity contribution in [2.24, 2.45) is 0 Å². The number of nitrogens with one attached hydrogen (secondary N) is 1. The van der Waals surface area contributed by atoms with Gasteiger partial charge in [-0.1, -0.05) is 17.7 Å². The molecule has 0 saturated carbocycles. The van der Waals surface area contributed by atoms with Crippen LogP contribution in [-0.2, 0) is 11.3 Å². The lowest BCUT2D eigenvalue weighted by molar-refractivity contribution is -0.0511. The third-order valence-corrected chi connectivity index (χ3v) is 4.88. The Morgan fingerprint density at radius 2 is 2.00 bits per heavy atom. The van der Waals surface area contributed by atoms with E-state index in [9.17, 15) is 20.4 Å². The number of halogens is 1. The molecule has 2 aromatic heterocycles. The zero-order valence-corrected chi connectivity index (χ0v) is 15.2. The minimum absolute atomic E-state index is 0.0577. The van der Waals surface area contributed by atoms with Gasteiger partial charge in [0.05, 0.1) is 12.9 Å². The molecule has 4 atom stereocenters. The van der Waals surface area contributed by atoms with Crippen LogP contribution in [0.15, 0.2) is 30.9 Å². The number of rotatable bonds is 5. The molecule has 0 spiro atoms. The third-order valence-electron chi connectivity index (χ3n) is 4.64. The van der Waals surface area contributed by atoms with Crippen molar-refractivity contribution in [3.63, 3.8) is 0 Å². The van der Waals surface area contributed by atoms with Crippen LogP contribution in [0, 0.1) is 0 Å². The molecule has 1 aromatic carbocycles. The number of phenolic OH excluding ortho intramolecular Hbond substituents is 1. The van der Waals surface area contributed by atoms with Crippen molar-refractivity contribution in [2.45, 2.75) is 31.1 Å². The summed E-state index contributed by atoms with van der Waals surface area (Å²) >= 11 is 5.84. The Bertz CT molecular complexity index is 999. The molecule has 28 heavy (non-hydrogen) atoms. The van der Waals surface area contributed by atoms with Crippen molar-refractivity contribution in [1.29, 1.82) is 0 Å². The second-order valence-electron chi connectivity index (χ2n) is 6.40. The molecule has 0 bridgehead atoms. The van der Waals surface area contributed by atoms with Gasteiger partial charge in [0.15, 0.2) is 23.2 Å². The molecular weight excluding hydrogens is 390 g/mol. The van der Waals surface area contributed by atoms with Gasteiger partial charge in [0, 0.05) is 17.1 Å². The zero-order chi connectivity index (χ0) is 19.8. The normalized spacial score (nSPS) is 24.7. The van der Waals surface area contributed by atoms with Gasteiger partial charge in [-0.05, 0) is 12.1 Å². The molecule has 0 unspecified atom stereocenters. The molecule has 3 aromatic rings. The number of nitrogens with zero attached hydrogens (tertiary/aromatic N) is 4. The largest absolute Gasteiger partial charge is 0.508 e. The maximum atomic E-state index is 10.2. The summed E-state index contributed by atoms with van der Waals surface area (Å²) in [6, 6.07) is 4.82. The highest BCUT2D eigenvalue weighted by Crippen LogP contribution is 2.32. The summed E-state index contributed by atoms with van der Waals surface area (Å²) in [5.74, 6) is 0.479. The van der Waals surface area contributed by atoms with E-state index < -0.39 is 31.1 Å². The SMILES string of the molecule is OC[C@H]1O[C@@H](n2cnc3c(NCc4ccc(Cl)cc4O)ncnc32)[C@H](O)[C@@H]1O. The number of hydrogen-bond acceptors (Lipinski definition) is 9. The number of fused-ring (bicyclic) bond motifs is 1. The van der Waals surface area contributed by atoms with Gasteiger partial charge >= 0.3 is 0 Å². The second kappa shape index (κ2) is 7.49. The van der Waals surface area contributed by atoms with Crippen molar-refractivity contribution in [3.05, 3.63) is 41.4 Å². The minimum Gasteiger partial charge on any atom is -0.508 e. The first-order chi connectivity index (χ1) is 13.5. The highest BCUT2D eigenvalue weighted by molar-refractivity contribution is 6.30. The molecule has 0 radical (unpaired) electrons. The average Bonchev–Trinajstić information content (AvgIpc) is 3.23. The highest BCUT2D eigenvalue weighted by atomic mass is 35.5. The fourth-order valence-corrected chi connectivity index (χ4v) is 3.31. The zero-order valence-electron chi connectivity index (χ0n) is 14.5. The second-order valence-corrected chi connectivity index (χ2v) is 6.84. The van der Waals surface area contributed by atoms with Crippen molar-refractivity contribution in [1.82, 2.24) is 19.5 Å². The lowest BCUT2D eigenvalue weighted by Gasteiger charge is -2.16. The first-order valence-corrected chi connectivity index (χ1v) is 8.88. The summed E-state index contributed by atoms with van der Waals surface area (Å²) in [6.45, 7) is -0.149. The predicted octanol–water partition coefficient (Wildman–Crippen LogP) is 0.409. The number of imidazole rings is 1.